The molecule has 1 unspecified atom stereocenters. The van der Waals surface area contributed by atoms with Gasteiger partial charge in [-0.05, 0) is 42.3 Å². The maximum absolute atomic E-state index is 10.6. The second-order valence-corrected chi connectivity index (χ2v) is 7.31. The normalized spacial score (nSPS) is 11.8. The lowest BCUT2D eigenvalue weighted by molar-refractivity contribution is -0.648. The Hall–Kier alpha value is -3.02. The van der Waals surface area contributed by atoms with Crippen molar-refractivity contribution < 1.29 is 26.8 Å². The first kappa shape index (κ1) is 21.7. The molecule has 5 nitrogen and oxygen atoms in total. The molecule has 0 saturated heterocycles. The van der Waals surface area contributed by atoms with E-state index >= 15 is 0 Å². The second kappa shape index (κ2) is 9.65. The monoisotopic (exact) mass is 423 g/mol. The number of para-hydroxylation sites is 2. The van der Waals surface area contributed by atoms with E-state index in [0.29, 0.717) is 19.0 Å². The van der Waals surface area contributed by atoms with E-state index < -0.39 is 6.10 Å². The molecule has 30 heavy (non-hydrogen) atoms. The summed E-state index contributed by atoms with van der Waals surface area (Å²) in [5, 5.41) is 10.6. The number of anilines is 1. The molecule has 0 radical (unpaired) electrons. The zero-order chi connectivity index (χ0) is 20.2. The van der Waals surface area contributed by atoms with Crippen LogP contribution < -0.4 is 27.4 Å². The summed E-state index contributed by atoms with van der Waals surface area (Å²) in [7, 11) is 0. The lowest BCUT2D eigenvalue weighted by Crippen LogP contribution is -3.00. The Morgan fingerprint density at radius 2 is 1.73 bits per heavy atom. The molecule has 0 amide bonds. The van der Waals surface area contributed by atoms with Gasteiger partial charge in [0.25, 0.3) is 0 Å². The van der Waals surface area contributed by atoms with Crippen molar-refractivity contribution in [1.82, 2.24) is 4.57 Å². The molecule has 3 aromatic carbocycles. The lowest BCUT2D eigenvalue weighted by Gasteiger charge is -2.12. The summed E-state index contributed by atoms with van der Waals surface area (Å²) < 4.78 is 9.81. The van der Waals surface area contributed by atoms with Crippen molar-refractivity contribution in [3.05, 3.63) is 90.0 Å². The number of benzene rings is 3. The Morgan fingerprint density at radius 1 is 1.00 bits per heavy atom. The van der Waals surface area contributed by atoms with E-state index in [1.165, 1.54) is 5.56 Å². The van der Waals surface area contributed by atoms with Gasteiger partial charge in [0.2, 0.25) is 0 Å². The lowest BCUT2D eigenvalue weighted by atomic mass is 10.2. The highest BCUT2D eigenvalue weighted by Crippen LogP contribution is 2.18. The molecule has 0 aliphatic carbocycles. The third kappa shape index (κ3) is 4.75. The molecule has 3 N–H and O–H groups in total. The van der Waals surface area contributed by atoms with E-state index in [-0.39, 0.29) is 19.0 Å². The van der Waals surface area contributed by atoms with Gasteiger partial charge in [-0.2, -0.15) is 0 Å². The van der Waals surface area contributed by atoms with Gasteiger partial charge in [-0.15, -0.1) is 0 Å². The fourth-order valence-electron chi connectivity index (χ4n) is 3.60. The highest BCUT2D eigenvalue weighted by Gasteiger charge is 2.23. The highest BCUT2D eigenvalue weighted by atomic mass is 35.5. The number of halogens is 1. The van der Waals surface area contributed by atoms with Crippen LogP contribution in [-0.2, 0) is 13.1 Å². The van der Waals surface area contributed by atoms with E-state index in [1.807, 2.05) is 72.2 Å². The van der Waals surface area contributed by atoms with Crippen LogP contribution in [0.3, 0.4) is 0 Å². The summed E-state index contributed by atoms with van der Waals surface area (Å²) in [6.07, 6.45) is -0.682. The summed E-state index contributed by atoms with van der Waals surface area (Å²) in [5.41, 5.74) is 10.9. The summed E-state index contributed by atoms with van der Waals surface area (Å²) in [6.45, 7) is 3.26. The number of hydrogen-bond donors (Lipinski definition) is 2. The molecule has 1 heterocycles. The fraction of sp³-hybridized carbons (Fsp3) is 0.208. The molecule has 4 rings (SSSR count). The van der Waals surface area contributed by atoms with Crippen LogP contribution in [0.5, 0.6) is 5.75 Å². The summed E-state index contributed by atoms with van der Waals surface area (Å²) >= 11 is 0. The van der Waals surface area contributed by atoms with Crippen LogP contribution in [0.4, 0.5) is 5.95 Å². The minimum absolute atomic E-state index is 0. The Bertz CT molecular complexity index is 1110. The van der Waals surface area contributed by atoms with Crippen LogP contribution in [0.1, 0.15) is 11.1 Å². The van der Waals surface area contributed by atoms with Crippen molar-refractivity contribution in [2.24, 2.45) is 0 Å². The van der Waals surface area contributed by atoms with Gasteiger partial charge < -0.3 is 22.3 Å². The number of hydrogen-bond acceptors (Lipinski definition) is 3. The number of aromatic nitrogens is 2. The topological polar surface area (TPSA) is 64.3 Å². The first-order valence-corrected chi connectivity index (χ1v) is 9.80. The largest absolute Gasteiger partial charge is 1.00 e. The molecule has 0 aliphatic rings. The van der Waals surface area contributed by atoms with Gasteiger partial charge in [-0.1, -0.05) is 54.6 Å². The van der Waals surface area contributed by atoms with Gasteiger partial charge in [-0.3, -0.25) is 5.73 Å². The Kier molecular flexibility index (Phi) is 6.98. The highest BCUT2D eigenvalue weighted by molar-refractivity contribution is 5.74. The molecular formula is C24H26ClN3O2. The molecule has 4 aromatic rings. The van der Waals surface area contributed by atoms with E-state index in [1.54, 1.807) is 0 Å². The number of aliphatic hydroxyl groups excluding tert-OH is 1. The zero-order valence-corrected chi connectivity index (χ0v) is 17.7. The number of imidazole rings is 1. The molecule has 1 aromatic heterocycles. The van der Waals surface area contributed by atoms with Gasteiger partial charge in [0.1, 0.15) is 36.0 Å². The molecule has 0 fully saturated rings. The van der Waals surface area contributed by atoms with Gasteiger partial charge in [0.15, 0.2) is 0 Å². The van der Waals surface area contributed by atoms with Crippen molar-refractivity contribution in [3.8, 4) is 5.75 Å². The summed E-state index contributed by atoms with van der Waals surface area (Å²) in [6, 6.07) is 26.1. The van der Waals surface area contributed by atoms with Crippen LogP contribution in [-0.4, -0.2) is 22.4 Å². The summed E-state index contributed by atoms with van der Waals surface area (Å²) in [4.78, 5) is 0. The maximum atomic E-state index is 10.6. The third-order valence-corrected chi connectivity index (χ3v) is 5.03. The molecule has 0 aliphatic heterocycles. The van der Waals surface area contributed by atoms with Crippen LogP contribution >= 0.6 is 0 Å². The molecule has 6 heteroatoms. The molecule has 1 atom stereocenters. The number of fused-ring (bicyclic) bond motifs is 1. The van der Waals surface area contributed by atoms with Crippen molar-refractivity contribution in [2.75, 3.05) is 12.3 Å². The van der Waals surface area contributed by atoms with E-state index in [0.717, 1.165) is 22.3 Å². The number of nitrogens with two attached hydrogens (primary N) is 1. The fourth-order valence-corrected chi connectivity index (χ4v) is 3.60. The van der Waals surface area contributed by atoms with Crippen molar-refractivity contribution in [2.45, 2.75) is 26.1 Å². The maximum Gasteiger partial charge on any atom is 0.356 e. The van der Waals surface area contributed by atoms with E-state index in [4.69, 9.17) is 10.5 Å². The van der Waals surface area contributed by atoms with Crippen molar-refractivity contribution in [3.63, 3.8) is 0 Å². The van der Waals surface area contributed by atoms with Gasteiger partial charge in [-0.25, -0.2) is 9.13 Å². The predicted molar refractivity (Wildman–Crippen MR) is 115 cm³/mol. The van der Waals surface area contributed by atoms with E-state index in [9.17, 15) is 5.11 Å². The molecule has 156 valence electrons. The number of aliphatic hydroxyl groups is 1. The minimum Gasteiger partial charge on any atom is -1.00 e. The van der Waals surface area contributed by atoms with E-state index in [2.05, 4.69) is 22.8 Å². The summed E-state index contributed by atoms with van der Waals surface area (Å²) in [5.74, 6) is 1.37. The first-order valence-electron chi connectivity index (χ1n) is 9.80. The quantitative estimate of drug-likeness (QED) is 0.421. The first-order chi connectivity index (χ1) is 14.1. The molecule has 0 saturated carbocycles. The van der Waals surface area contributed by atoms with Gasteiger partial charge in [0.05, 0.1) is 6.54 Å². The third-order valence-electron chi connectivity index (χ3n) is 5.03. The number of aryl methyl sites for hydroxylation is 1. The molecule has 0 bridgehead atoms. The SMILES string of the molecule is Cc1cccc(OCC(O)Cn2c(N)[n+](Cc3ccccc3)c3ccccc32)c1.[Cl-]. The van der Waals surface area contributed by atoms with Gasteiger partial charge >= 0.3 is 5.95 Å². The second-order valence-electron chi connectivity index (χ2n) is 7.31. The average Bonchev–Trinajstić information content (AvgIpc) is 2.99. The van der Waals surface area contributed by atoms with Crippen molar-refractivity contribution >= 4 is 17.0 Å². The number of nitrogens with zero attached hydrogens (tertiary/aromatic N) is 2. The van der Waals surface area contributed by atoms with Crippen LogP contribution in [0.25, 0.3) is 11.0 Å². The Balaban J connectivity index is 0.00000256. The number of rotatable bonds is 7. The van der Waals surface area contributed by atoms with Crippen LogP contribution in [0.15, 0.2) is 78.9 Å². The number of nitrogen functional groups attached to an aromatic ring is 1. The average molecular weight is 424 g/mol. The minimum atomic E-state index is -0.682. The molecule has 0 spiro atoms. The Labute approximate surface area is 182 Å². The smallest absolute Gasteiger partial charge is 0.356 e. The zero-order valence-electron chi connectivity index (χ0n) is 16.9. The standard InChI is InChI=1S/C24H25N3O2.ClH/c1-18-8-7-11-21(14-18)29-17-20(28)16-27-23-13-6-5-12-22(23)26(24(27)25)15-19-9-3-2-4-10-19;/h2-14,20,25,28H,15-17H2,1H3;1H. The Morgan fingerprint density at radius 3 is 2.50 bits per heavy atom. The number of ether oxygens (including phenoxy) is 1. The van der Waals surface area contributed by atoms with Gasteiger partial charge in [0, 0.05) is 0 Å². The van der Waals surface area contributed by atoms with Crippen LogP contribution in [0.2, 0.25) is 0 Å². The van der Waals surface area contributed by atoms with Crippen LogP contribution in [0, 0.1) is 6.92 Å². The molecular weight excluding hydrogens is 398 g/mol. The predicted octanol–water partition coefficient (Wildman–Crippen LogP) is 0.312. The van der Waals surface area contributed by atoms with Crippen molar-refractivity contribution in [1.29, 1.82) is 0 Å².